The summed E-state index contributed by atoms with van der Waals surface area (Å²) in [5, 5.41) is 2.24. The smallest absolute Gasteiger partial charge is 0.329 e. The Kier molecular flexibility index (Phi) is 17.2. The minimum absolute atomic E-state index is 0.0971. The van der Waals surface area contributed by atoms with Gasteiger partial charge in [0.2, 0.25) is 5.91 Å². The Morgan fingerprint density at radius 3 is 1.98 bits per heavy atom. The zero-order chi connectivity index (χ0) is 32.5. The molecule has 0 spiro atoms. The van der Waals surface area contributed by atoms with Crippen LogP contribution in [0.3, 0.4) is 0 Å². The lowest BCUT2D eigenvalue weighted by Gasteiger charge is -2.14. The standard InChI is InChI=1S/C10H9BrN2O2.C8H11N.C7H8BrN.C6H9ClO3/c1-6-4-7(2-3-8(6)11)13-5-9(14)12-10(13)15;1-9(2)8-6-4-3-5-7-8;1-5-4-6(9)2-3-7(5)8;1-2-10-6(9)3-5(8)4-7/h2-4H,5H2,1H3,(H,12,14,15);3-7H,1-2H3;2-4H,9H2,1H3;2-4H2,1H3. The zero-order valence-corrected chi connectivity index (χ0v) is 28.8. The first kappa shape index (κ1) is 37.6. The predicted molar refractivity (Wildman–Crippen MR) is 181 cm³/mol. The molecule has 0 aliphatic carbocycles. The van der Waals surface area contributed by atoms with Gasteiger partial charge in [0.05, 0.1) is 12.5 Å². The van der Waals surface area contributed by atoms with Crippen LogP contribution < -0.4 is 20.9 Å². The highest BCUT2D eigenvalue weighted by Crippen LogP contribution is 2.24. The molecular weight excluding hydrogens is 704 g/mol. The van der Waals surface area contributed by atoms with Crippen LogP contribution in [0.25, 0.3) is 0 Å². The fourth-order valence-electron chi connectivity index (χ4n) is 3.26. The Balaban J connectivity index is 0.000000295. The molecule has 3 amide bonds. The summed E-state index contributed by atoms with van der Waals surface area (Å²) in [6, 6.07) is 21.2. The van der Waals surface area contributed by atoms with Crippen molar-refractivity contribution < 1.29 is 23.9 Å². The van der Waals surface area contributed by atoms with Crippen molar-refractivity contribution in [3.8, 4) is 0 Å². The number of hydrogen-bond donors (Lipinski definition) is 2. The minimum atomic E-state index is -0.506. The first-order valence-corrected chi connectivity index (χ1v) is 15.3. The lowest BCUT2D eigenvalue weighted by atomic mass is 10.2. The molecule has 1 aliphatic heterocycles. The Labute approximate surface area is 275 Å². The fraction of sp³-hybridized carbons (Fsp3) is 0.290. The number of benzene rings is 3. The van der Waals surface area contributed by atoms with Gasteiger partial charge in [-0.15, -0.1) is 11.6 Å². The number of nitrogens with zero attached hydrogens (tertiary/aromatic N) is 2. The van der Waals surface area contributed by atoms with Gasteiger partial charge in [0.1, 0.15) is 13.0 Å². The van der Waals surface area contributed by atoms with Crippen LogP contribution in [0.5, 0.6) is 0 Å². The van der Waals surface area contributed by atoms with E-state index in [4.69, 9.17) is 17.3 Å². The van der Waals surface area contributed by atoms with Crippen molar-refractivity contribution in [1.82, 2.24) is 5.32 Å². The van der Waals surface area contributed by atoms with Gasteiger partial charge in [-0.25, -0.2) is 4.79 Å². The van der Waals surface area contributed by atoms with Crippen LogP contribution in [-0.2, 0) is 19.1 Å². The number of alkyl halides is 1. The monoisotopic (exact) mass is 738 g/mol. The number of rotatable bonds is 6. The highest BCUT2D eigenvalue weighted by atomic mass is 79.9. The summed E-state index contributed by atoms with van der Waals surface area (Å²) in [5.41, 5.74) is 10.5. The fourth-order valence-corrected chi connectivity index (χ4v) is 3.85. The Morgan fingerprint density at radius 2 is 1.56 bits per heavy atom. The van der Waals surface area contributed by atoms with Gasteiger partial charge in [0, 0.05) is 40.1 Å². The molecule has 3 aromatic carbocycles. The quantitative estimate of drug-likeness (QED) is 0.0954. The number of carbonyl (C=O) groups excluding carboxylic acids is 4. The summed E-state index contributed by atoms with van der Waals surface area (Å²) in [6.45, 7) is 6.03. The lowest BCUT2D eigenvalue weighted by Crippen LogP contribution is -2.27. The molecule has 1 fully saturated rings. The van der Waals surface area contributed by atoms with E-state index in [0.717, 1.165) is 25.9 Å². The van der Waals surface area contributed by atoms with Crippen molar-refractivity contribution in [2.24, 2.45) is 0 Å². The summed E-state index contributed by atoms with van der Waals surface area (Å²) >= 11 is 11.9. The second kappa shape index (κ2) is 19.7. The van der Waals surface area contributed by atoms with E-state index in [0.29, 0.717) is 6.61 Å². The van der Waals surface area contributed by atoms with E-state index < -0.39 is 5.97 Å². The minimum Gasteiger partial charge on any atom is -0.466 e. The lowest BCUT2D eigenvalue weighted by molar-refractivity contribution is -0.145. The van der Waals surface area contributed by atoms with Gasteiger partial charge in [-0.3, -0.25) is 24.6 Å². The largest absolute Gasteiger partial charge is 0.466 e. The maximum Gasteiger partial charge on any atom is 0.329 e. The Hall–Kier alpha value is -3.41. The van der Waals surface area contributed by atoms with Gasteiger partial charge in [0.15, 0.2) is 5.78 Å². The van der Waals surface area contributed by atoms with Crippen LogP contribution in [0, 0.1) is 13.8 Å². The molecular formula is C31H37Br2ClN4O5. The first-order valence-electron chi connectivity index (χ1n) is 13.1. The number of para-hydroxylation sites is 1. The molecule has 9 nitrogen and oxygen atoms in total. The number of ketones is 1. The second-order valence-corrected chi connectivity index (χ2v) is 11.2. The number of esters is 1. The number of hydrogen-bond acceptors (Lipinski definition) is 7. The van der Waals surface area contributed by atoms with Crippen molar-refractivity contribution in [1.29, 1.82) is 0 Å². The summed E-state index contributed by atoms with van der Waals surface area (Å²) < 4.78 is 6.59. The molecule has 1 aliphatic rings. The third-order valence-corrected chi connectivity index (χ3v) is 7.57. The molecule has 0 radical (unpaired) electrons. The number of amides is 3. The molecule has 0 bridgehead atoms. The number of imide groups is 1. The SMILES string of the molecule is CCOC(=O)CC(=O)CCl.CN(C)c1ccccc1.Cc1cc(N)ccc1Br.Cc1cc(N2CC(=O)NC2=O)ccc1Br. The number of aryl methyl sites for hydroxylation is 2. The number of nitrogen functional groups attached to an aromatic ring is 1. The molecule has 0 unspecified atom stereocenters. The number of halogens is 3. The van der Waals surface area contributed by atoms with Gasteiger partial charge in [-0.2, -0.15) is 0 Å². The van der Waals surface area contributed by atoms with E-state index in [9.17, 15) is 19.2 Å². The van der Waals surface area contributed by atoms with Crippen molar-refractivity contribution in [3.05, 3.63) is 86.8 Å². The maximum atomic E-state index is 11.4. The van der Waals surface area contributed by atoms with E-state index in [2.05, 4.69) is 58.9 Å². The second-order valence-electron chi connectivity index (χ2n) is 9.27. The highest BCUT2D eigenvalue weighted by molar-refractivity contribution is 9.10. The van der Waals surface area contributed by atoms with Gasteiger partial charge < -0.3 is 15.4 Å². The molecule has 12 heteroatoms. The molecule has 0 atom stereocenters. The third-order valence-electron chi connectivity index (χ3n) is 5.50. The highest BCUT2D eigenvalue weighted by Gasteiger charge is 2.27. The number of urea groups is 1. The number of carbonyl (C=O) groups is 4. The van der Waals surface area contributed by atoms with Gasteiger partial charge >= 0.3 is 12.0 Å². The van der Waals surface area contributed by atoms with E-state index >= 15 is 0 Å². The van der Waals surface area contributed by atoms with Gasteiger partial charge in [0.25, 0.3) is 0 Å². The summed E-state index contributed by atoms with van der Waals surface area (Å²) in [4.78, 5) is 46.8. The average molecular weight is 741 g/mol. The summed E-state index contributed by atoms with van der Waals surface area (Å²) in [6.07, 6.45) is -0.211. The van der Waals surface area contributed by atoms with Crippen LogP contribution in [-0.4, -0.2) is 56.8 Å². The Morgan fingerprint density at radius 1 is 0.977 bits per heavy atom. The zero-order valence-electron chi connectivity index (χ0n) is 24.8. The predicted octanol–water partition coefficient (Wildman–Crippen LogP) is 6.65. The average Bonchev–Trinajstić information content (AvgIpc) is 3.31. The van der Waals surface area contributed by atoms with Crippen LogP contribution in [0.4, 0.5) is 21.9 Å². The van der Waals surface area contributed by atoms with Crippen LogP contribution in [0.1, 0.15) is 24.5 Å². The molecule has 0 aromatic heterocycles. The maximum absolute atomic E-state index is 11.4. The normalized spacial score (nSPS) is 11.5. The number of nitrogens with one attached hydrogen (secondary N) is 1. The molecule has 232 valence electrons. The molecule has 43 heavy (non-hydrogen) atoms. The molecule has 1 saturated heterocycles. The van der Waals surface area contributed by atoms with Crippen LogP contribution in [0.15, 0.2) is 75.7 Å². The molecule has 1 heterocycles. The van der Waals surface area contributed by atoms with E-state index in [-0.39, 0.29) is 36.6 Å². The topological polar surface area (TPSA) is 122 Å². The number of Topliss-reactive ketones (excluding diaryl/α,β-unsaturated/α-hetero) is 1. The summed E-state index contributed by atoms with van der Waals surface area (Å²) in [7, 11) is 4.07. The molecule has 3 N–H and O–H groups in total. The van der Waals surface area contributed by atoms with Crippen LogP contribution in [0.2, 0.25) is 0 Å². The van der Waals surface area contributed by atoms with Crippen molar-refractivity contribution in [2.45, 2.75) is 27.2 Å². The molecule has 0 saturated carbocycles. The van der Waals surface area contributed by atoms with E-state index in [1.807, 2.05) is 76.5 Å². The summed E-state index contributed by atoms with van der Waals surface area (Å²) in [5.74, 6) is -1.20. The van der Waals surface area contributed by atoms with Gasteiger partial charge in [-0.05, 0) is 80.4 Å². The molecule has 4 rings (SSSR count). The Bertz CT molecular complexity index is 1370. The van der Waals surface area contributed by atoms with E-state index in [1.54, 1.807) is 13.0 Å². The third kappa shape index (κ3) is 14.5. The number of anilines is 3. The number of ether oxygens (including phenoxy) is 1. The van der Waals surface area contributed by atoms with Crippen molar-refractivity contribution in [3.63, 3.8) is 0 Å². The van der Waals surface area contributed by atoms with Crippen molar-refractivity contribution >= 4 is 84.2 Å². The molecule has 3 aromatic rings. The first-order chi connectivity index (χ1) is 20.3. The van der Waals surface area contributed by atoms with Gasteiger partial charge in [-0.1, -0.05) is 50.1 Å². The van der Waals surface area contributed by atoms with Crippen LogP contribution >= 0.6 is 43.5 Å². The van der Waals surface area contributed by atoms with Crippen molar-refractivity contribution in [2.75, 3.05) is 48.7 Å². The van der Waals surface area contributed by atoms with E-state index in [1.165, 1.54) is 16.2 Å². The number of nitrogens with two attached hydrogens (primary N) is 1.